The normalized spacial score (nSPS) is 11.9. The Bertz CT molecular complexity index is 423. The van der Waals surface area contributed by atoms with E-state index < -0.39 is 12.0 Å². The molecule has 0 bridgehead atoms. The maximum Gasteiger partial charge on any atom is 0.326 e. The van der Waals surface area contributed by atoms with Gasteiger partial charge in [-0.3, -0.25) is 0 Å². The predicted molar refractivity (Wildman–Crippen MR) is 83.6 cm³/mol. The number of carboxylic acid groups (broad SMARTS) is 1. The number of nitrogens with zero attached hydrogens (tertiary/aromatic N) is 1. The topological polar surface area (TPSA) is 69.6 Å². The molecule has 0 aliphatic carbocycles. The molecule has 1 heterocycles. The van der Waals surface area contributed by atoms with Crippen molar-refractivity contribution < 1.29 is 14.7 Å². The van der Waals surface area contributed by atoms with Gasteiger partial charge in [-0.1, -0.05) is 6.07 Å². The minimum atomic E-state index is -0.987. The minimum absolute atomic E-state index is 0.338. The Labute approximate surface area is 127 Å². The highest BCUT2D eigenvalue weighted by Crippen LogP contribution is 2.09. The molecule has 0 spiro atoms. The van der Waals surface area contributed by atoms with Crippen molar-refractivity contribution in [3.8, 4) is 0 Å². The second-order valence-corrected chi connectivity index (χ2v) is 6.39. The van der Waals surface area contributed by atoms with Crippen LogP contribution in [0.5, 0.6) is 0 Å². The summed E-state index contributed by atoms with van der Waals surface area (Å²) in [6, 6.07) is 2.84. The maximum atomic E-state index is 11.9. The molecule has 1 unspecified atom stereocenters. The fourth-order valence-corrected chi connectivity index (χ4v) is 2.76. The quantitative estimate of drug-likeness (QED) is 0.771. The van der Waals surface area contributed by atoms with E-state index in [0.29, 0.717) is 18.7 Å². The fourth-order valence-electron chi connectivity index (χ4n) is 1.59. The Hall–Kier alpha value is -1.21. The third kappa shape index (κ3) is 5.83. The standard InChI is InChI=1S/C13H20N2O3S2/c1-15(7-5-10-4-3-8-20-10)13(18)14-11(12(16)17)6-9-19-2/h3-4,8,11H,5-7,9H2,1-2H3,(H,14,18)(H,16,17). The van der Waals surface area contributed by atoms with Gasteiger partial charge in [-0.15, -0.1) is 11.3 Å². The zero-order valence-corrected chi connectivity index (χ0v) is 13.3. The van der Waals surface area contributed by atoms with Gasteiger partial charge in [0.25, 0.3) is 0 Å². The SMILES string of the molecule is CSCCC(NC(=O)N(C)CCc1cccs1)C(=O)O. The molecular formula is C13H20N2O3S2. The molecule has 20 heavy (non-hydrogen) atoms. The summed E-state index contributed by atoms with van der Waals surface area (Å²) < 4.78 is 0. The summed E-state index contributed by atoms with van der Waals surface area (Å²) in [6.45, 7) is 0.571. The summed E-state index contributed by atoms with van der Waals surface area (Å²) in [5.41, 5.74) is 0. The Balaban J connectivity index is 2.40. The molecule has 0 radical (unpaired) electrons. The summed E-state index contributed by atoms with van der Waals surface area (Å²) in [7, 11) is 1.68. The van der Waals surface area contributed by atoms with Crippen molar-refractivity contribution in [2.75, 3.05) is 25.6 Å². The van der Waals surface area contributed by atoms with Crippen molar-refractivity contribution in [2.45, 2.75) is 18.9 Å². The van der Waals surface area contributed by atoms with Crippen LogP contribution in [0.4, 0.5) is 4.79 Å². The van der Waals surface area contributed by atoms with Gasteiger partial charge in [-0.05, 0) is 36.3 Å². The van der Waals surface area contributed by atoms with Gasteiger partial charge in [-0.2, -0.15) is 11.8 Å². The lowest BCUT2D eigenvalue weighted by Crippen LogP contribution is -2.47. The van der Waals surface area contributed by atoms with Crippen LogP contribution in [0.3, 0.4) is 0 Å². The number of carboxylic acids is 1. The van der Waals surface area contributed by atoms with Crippen LogP contribution >= 0.6 is 23.1 Å². The molecule has 0 saturated heterocycles. The van der Waals surface area contributed by atoms with Gasteiger partial charge >= 0.3 is 12.0 Å². The van der Waals surface area contributed by atoms with Crippen LogP contribution in [0.1, 0.15) is 11.3 Å². The number of urea groups is 1. The predicted octanol–water partition coefficient (Wildman–Crippen LogP) is 2.14. The summed E-state index contributed by atoms with van der Waals surface area (Å²) in [4.78, 5) is 25.7. The maximum absolute atomic E-state index is 11.9. The lowest BCUT2D eigenvalue weighted by molar-refractivity contribution is -0.139. The van der Waals surface area contributed by atoms with Crippen molar-refractivity contribution in [2.24, 2.45) is 0 Å². The number of nitrogens with one attached hydrogen (secondary N) is 1. The number of thiophene rings is 1. The molecule has 0 saturated carbocycles. The third-order valence-electron chi connectivity index (χ3n) is 2.83. The first-order valence-electron chi connectivity index (χ1n) is 6.30. The molecule has 2 amide bonds. The van der Waals surface area contributed by atoms with Gasteiger partial charge in [0.2, 0.25) is 0 Å². The van der Waals surface area contributed by atoms with Crippen molar-refractivity contribution >= 4 is 35.1 Å². The molecule has 0 fully saturated rings. The first kappa shape index (κ1) is 16.8. The zero-order chi connectivity index (χ0) is 15.0. The smallest absolute Gasteiger partial charge is 0.326 e. The van der Waals surface area contributed by atoms with E-state index in [0.717, 1.165) is 6.42 Å². The molecule has 0 aliphatic rings. The molecule has 1 aromatic rings. The molecule has 1 rings (SSSR count). The van der Waals surface area contributed by atoms with Crippen LogP contribution in [-0.2, 0) is 11.2 Å². The van der Waals surface area contributed by atoms with Crippen LogP contribution in [0, 0.1) is 0 Å². The summed E-state index contributed by atoms with van der Waals surface area (Å²) in [6.07, 6.45) is 3.12. The first-order chi connectivity index (χ1) is 9.54. The molecule has 1 aromatic heterocycles. The Kier molecular flexibility index (Phi) is 7.46. The Morgan fingerprint density at radius 1 is 1.55 bits per heavy atom. The van der Waals surface area contributed by atoms with Crippen molar-refractivity contribution in [3.63, 3.8) is 0 Å². The highest BCUT2D eigenvalue weighted by atomic mass is 32.2. The van der Waals surface area contributed by atoms with E-state index in [9.17, 15) is 9.59 Å². The number of thioether (sulfide) groups is 1. The molecule has 0 aromatic carbocycles. The number of carbonyl (C=O) groups excluding carboxylic acids is 1. The molecule has 1 atom stereocenters. The second kappa shape index (κ2) is 8.86. The van der Waals surface area contributed by atoms with Crippen molar-refractivity contribution in [3.05, 3.63) is 22.4 Å². The number of hydrogen-bond acceptors (Lipinski definition) is 4. The zero-order valence-electron chi connectivity index (χ0n) is 11.7. The van der Waals surface area contributed by atoms with E-state index in [-0.39, 0.29) is 6.03 Å². The van der Waals surface area contributed by atoms with E-state index in [1.54, 1.807) is 30.1 Å². The molecule has 2 N–H and O–H groups in total. The number of hydrogen-bond donors (Lipinski definition) is 2. The van der Waals surface area contributed by atoms with Gasteiger partial charge in [0.05, 0.1) is 0 Å². The molecule has 112 valence electrons. The van der Waals surface area contributed by atoms with Crippen LogP contribution in [0.2, 0.25) is 0 Å². The van der Waals surface area contributed by atoms with Gasteiger partial charge in [0, 0.05) is 18.5 Å². The number of amides is 2. The van der Waals surface area contributed by atoms with Gasteiger partial charge in [0.15, 0.2) is 0 Å². The number of aliphatic carboxylic acids is 1. The molecule has 5 nitrogen and oxygen atoms in total. The Morgan fingerprint density at radius 3 is 2.85 bits per heavy atom. The molecule has 0 aliphatic heterocycles. The van der Waals surface area contributed by atoms with Crippen molar-refractivity contribution in [1.82, 2.24) is 10.2 Å². The average molecular weight is 316 g/mol. The molecule has 7 heteroatoms. The van der Waals surface area contributed by atoms with Gasteiger partial charge in [0.1, 0.15) is 6.04 Å². The molecular weight excluding hydrogens is 296 g/mol. The van der Waals surface area contributed by atoms with E-state index in [1.165, 1.54) is 9.78 Å². The Morgan fingerprint density at radius 2 is 2.30 bits per heavy atom. The van der Waals surface area contributed by atoms with Crippen LogP contribution in [0.15, 0.2) is 17.5 Å². The van der Waals surface area contributed by atoms with Gasteiger partial charge in [-0.25, -0.2) is 9.59 Å². The highest BCUT2D eigenvalue weighted by Gasteiger charge is 2.21. The van der Waals surface area contributed by atoms with Gasteiger partial charge < -0.3 is 15.3 Å². The number of carbonyl (C=O) groups is 2. The van der Waals surface area contributed by atoms with Crippen LogP contribution in [0.25, 0.3) is 0 Å². The second-order valence-electron chi connectivity index (χ2n) is 4.37. The van der Waals surface area contributed by atoms with Crippen molar-refractivity contribution in [1.29, 1.82) is 0 Å². The third-order valence-corrected chi connectivity index (χ3v) is 4.41. The summed E-state index contributed by atoms with van der Waals surface area (Å²) >= 11 is 3.22. The van der Waals surface area contributed by atoms with Crippen LogP contribution in [-0.4, -0.2) is 53.6 Å². The van der Waals surface area contributed by atoms with E-state index in [4.69, 9.17) is 5.11 Å². The first-order valence-corrected chi connectivity index (χ1v) is 8.57. The highest BCUT2D eigenvalue weighted by molar-refractivity contribution is 7.98. The summed E-state index contributed by atoms with van der Waals surface area (Å²) in [5.74, 6) is -0.282. The van der Waals surface area contributed by atoms with E-state index >= 15 is 0 Å². The van der Waals surface area contributed by atoms with E-state index in [2.05, 4.69) is 5.32 Å². The number of rotatable bonds is 8. The van der Waals surface area contributed by atoms with E-state index in [1.807, 2.05) is 23.8 Å². The van der Waals surface area contributed by atoms with Crippen LogP contribution < -0.4 is 5.32 Å². The minimum Gasteiger partial charge on any atom is -0.480 e. The number of likely N-dealkylation sites (N-methyl/N-ethyl adjacent to an activating group) is 1. The lowest BCUT2D eigenvalue weighted by Gasteiger charge is -2.21. The summed E-state index contributed by atoms with van der Waals surface area (Å²) in [5, 5.41) is 13.6. The largest absolute Gasteiger partial charge is 0.480 e. The lowest BCUT2D eigenvalue weighted by atomic mass is 10.2. The average Bonchev–Trinajstić information content (AvgIpc) is 2.93. The monoisotopic (exact) mass is 316 g/mol. The fraction of sp³-hybridized carbons (Fsp3) is 0.538.